The standard InChI is InChI=1S/C10H14N/c1-4-9-6-5-7-10(8-9)11(2)3/h5-8H,1,4H2,2-3H3. The molecule has 1 radical (unpaired) electrons. The van der Waals surface area contributed by atoms with Crippen molar-refractivity contribution < 1.29 is 0 Å². The van der Waals surface area contributed by atoms with E-state index in [1.165, 1.54) is 11.3 Å². The molecule has 0 N–H and O–H groups in total. The molecule has 0 aliphatic heterocycles. The Balaban J connectivity index is 2.91. The third kappa shape index (κ3) is 1.97. The highest BCUT2D eigenvalue weighted by atomic mass is 15.1. The summed E-state index contributed by atoms with van der Waals surface area (Å²) in [5, 5.41) is 0. The van der Waals surface area contributed by atoms with Crippen LogP contribution in [0.25, 0.3) is 0 Å². The fourth-order valence-electron chi connectivity index (χ4n) is 0.990. The van der Waals surface area contributed by atoms with Crippen molar-refractivity contribution in [3.8, 4) is 0 Å². The molecule has 0 fully saturated rings. The average molecular weight is 148 g/mol. The lowest BCUT2D eigenvalue weighted by molar-refractivity contribution is 1.12. The van der Waals surface area contributed by atoms with Crippen molar-refractivity contribution in [2.24, 2.45) is 0 Å². The summed E-state index contributed by atoms with van der Waals surface area (Å²) in [6.45, 7) is 3.84. The largest absolute Gasteiger partial charge is 0.378 e. The van der Waals surface area contributed by atoms with Crippen LogP contribution in [-0.4, -0.2) is 14.1 Å². The fourth-order valence-corrected chi connectivity index (χ4v) is 0.990. The molecular weight excluding hydrogens is 134 g/mol. The molecule has 59 valence electrons. The molecule has 0 saturated carbocycles. The summed E-state index contributed by atoms with van der Waals surface area (Å²) >= 11 is 0. The van der Waals surface area contributed by atoms with Gasteiger partial charge in [-0.15, -0.1) is 0 Å². The highest BCUT2D eigenvalue weighted by Gasteiger charge is 1.94. The van der Waals surface area contributed by atoms with Crippen LogP contribution >= 0.6 is 0 Å². The Hall–Kier alpha value is -0.980. The van der Waals surface area contributed by atoms with Gasteiger partial charge in [0.25, 0.3) is 0 Å². The third-order valence-electron chi connectivity index (χ3n) is 1.72. The van der Waals surface area contributed by atoms with Gasteiger partial charge in [0, 0.05) is 19.8 Å². The van der Waals surface area contributed by atoms with E-state index in [2.05, 4.69) is 36.1 Å². The Labute approximate surface area is 68.7 Å². The van der Waals surface area contributed by atoms with Crippen molar-refractivity contribution in [1.82, 2.24) is 0 Å². The van der Waals surface area contributed by atoms with Gasteiger partial charge in [0.15, 0.2) is 0 Å². The summed E-state index contributed by atoms with van der Waals surface area (Å²) in [5.74, 6) is 0. The van der Waals surface area contributed by atoms with Gasteiger partial charge in [0.2, 0.25) is 0 Å². The Kier molecular flexibility index (Phi) is 2.53. The van der Waals surface area contributed by atoms with Crippen LogP contribution in [0.5, 0.6) is 0 Å². The maximum atomic E-state index is 3.84. The molecule has 0 atom stereocenters. The Morgan fingerprint density at radius 3 is 2.64 bits per heavy atom. The van der Waals surface area contributed by atoms with Crippen molar-refractivity contribution in [2.75, 3.05) is 19.0 Å². The summed E-state index contributed by atoms with van der Waals surface area (Å²) < 4.78 is 0. The molecule has 0 heterocycles. The second-order valence-electron chi connectivity index (χ2n) is 2.81. The number of hydrogen-bond donors (Lipinski definition) is 0. The smallest absolute Gasteiger partial charge is 0.0363 e. The topological polar surface area (TPSA) is 3.24 Å². The molecule has 0 spiro atoms. The molecule has 0 bridgehead atoms. The Morgan fingerprint density at radius 1 is 1.36 bits per heavy atom. The van der Waals surface area contributed by atoms with Crippen LogP contribution in [0.2, 0.25) is 0 Å². The maximum Gasteiger partial charge on any atom is 0.0363 e. The molecular formula is C10H14N. The molecule has 0 aromatic heterocycles. The molecule has 0 aliphatic rings. The first kappa shape index (κ1) is 8.12. The van der Waals surface area contributed by atoms with E-state index in [1.54, 1.807) is 0 Å². The van der Waals surface area contributed by atoms with Crippen LogP contribution in [0.15, 0.2) is 24.3 Å². The van der Waals surface area contributed by atoms with Crippen LogP contribution in [0, 0.1) is 6.92 Å². The molecule has 1 rings (SSSR count). The molecule has 0 amide bonds. The molecule has 1 aromatic rings. The van der Waals surface area contributed by atoms with Crippen LogP contribution < -0.4 is 4.90 Å². The fraction of sp³-hybridized carbons (Fsp3) is 0.300. The van der Waals surface area contributed by atoms with Crippen molar-refractivity contribution in [3.63, 3.8) is 0 Å². The SMILES string of the molecule is [CH2]Cc1cccc(N(C)C)c1. The zero-order valence-corrected chi connectivity index (χ0v) is 7.17. The van der Waals surface area contributed by atoms with Crippen molar-refractivity contribution in [3.05, 3.63) is 36.8 Å². The third-order valence-corrected chi connectivity index (χ3v) is 1.72. The van der Waals surface area contributed by atoms with E-state index < -0.39 is 0 Å². The number of anilines is 1. The van der Waals surface area contributed by atoms with Gasteiger partial charge in [-0.3, -0.25) is 0 Å². The van der Waals surface area contributed by atoms with E-state index in [-0.39, 0.29) is 0 Å². The second-order valence-corrected chi connectivity index (χ2v) is 2.81. The number of nitrogens with zero attached hydrogens (tertiary/aromatic N) is 1. The molecule has 0 aliphatic carbocycles. The number of rotatable bonds is 2. The summed E-state index contributed by atoms with van der Waals surface area (Å²) in [6, 6.07) is 8.42. The van der Waals surface area contributed by atoms with Crippen LogP contribution in [-0.2, 0) is 6.42 Å². The van der Waals surface area contributed by atoms with E-state index in [4.69, 9.17) is 0 Å². The van der Waals surface area contributed by atoms with E-state index >= 15 is 0 Å². The maximum absolute atomic E-state index is 3.84. The average Bonchev–Trinajstić information content (AvgIpc) is 2.05. The normalized spacial score (nSPS) is 9.73. The van der Waals surface area contributed by atoms with Gasteiger partial charge in [-0.05, 0) is 31.0 Å². The van der Waals surface area contributed by atoms with E-state index in [0.29, 0.717) is 0 Å². The highest BCUT2D eigenvalue weighted by molar-refractivity contribution is 5.47. The van der Waals surface area contributed by atoms with Gasteiger partial charge in [-0.1, -0.05) is 12.1 Å². The van der Waals surface area contributed by atoms with Gasteiger partial charge in [-0.2, -0.15) is 0 Å². The predicted molar refractivity (Wildman–Crippen MR) is 49.8 cm³/mol. The summed E-state index contributed by atoms with van der Waals surface area (Å²) in [6.07, 6.45) is 0.863. The quantitative estimate of drug-likeness (QED) is 0.621. The lowest BCUT2D eigenvalue weighted by atomic mass is 10.1. The van der Waals surface area contributed by atoms with Crippen LogP contribution in [0.1, 0.15) is 5.56 Å². The molecule has 1 aromatic carbocycles. The molecule has 0 saturated heterocycles. The van der Waals surface area contributed by atoms with Crippen LogP contribution in [0.3, 0.4) is 0 Å². The Bertz CT molecular complexity index is 228. The van der Waals surface area contributed by atoms with Gasteiger partial charge < -0.3 is 4.90 Å². The first-order chi connectivity index (χ1) is 5.24. The van der Waals surface area contributed by atoms with E-state index in [0.717, 1.165) is 6.42 Å². The van der Waals surface area contributed by atoms with E-state index in [9.17, 15) is 0 Å². The molecule has 11 heavy (non-hydrogen) atoms. The van der Waals surface area contributed by atoms with Gasteiger partial charge >= 0.3 is 0 Å². The van der Waals surface area contributed by atoms with E-state index in [1.807, 2.05) is 14.1 Å². The first-order valence-corrected chi connectivity index (χ1v) is 3.79. The van der Waals surface area contributed by atoms with Crippen molar-refractivity contribution in [2.45, 2.75) is 6.42 Å². The van der Waals surface area contributed by atoms with Gasteiger partial charge in [0.05, 0.1) is 0 Å². The molecule has 0 unspecified atom stereocenters. The predicted octanol–water partition coefficient (Wildman–Crippen LogP) is 2.13. The van der Waals surface area contributed by atoms with Crippen molar-refractivity contribution >= 4 is 5.69 Å². The zero-order valence-electron chi connectivity index (χ0n) is 7.17. The minimum atomic E-state index is 0.863. The molecule has 1 heteroatoms. The minimum Gasteiger partial charge on any atom is -0.378 e. The summed E-state index contributed by atoms with van der Waals surface area (Å²) in [4.78, 5) is 2.10. The first-order valence-electron chi connectivity index (χ1n) is 3.79. The lowest BCUT2D eigenvalue weighted by Gasteiger charge is -2.12. The second kappa shape index (κ2) is 3.42. The lowest BCUT2D eigenvalue weighted by Crippen LogP contribution is -2.08. The van der Waals surface area contributed by atoms with Gasteiger partial charge in [-0.25, -0.2) is 0 Å². The highest BCUT2D eigenvalue weighted by Crippen LogP contribution is 2.12. The van der Waals surface area contributed by atoms with Crippen molar-refractivity contribution in [1.29, 1.82) is 0 Å². The molecule has 1 nitrogen and oxygen atoms in total. The zero-order chi connectivity index (χ0) is 8.27. The van der Waals surface area contributed by atoms with Crippen LogP contribution in [0.4, 0.5) is 5.69 Å². The number of hydrogen-bond acceptors (Lipinski definition) is 1. The number of benzene rings is 1. The monoisotopic (exact) mass is 148 g/mol. The van der Waals surface area contributed by atoms with Gasteiger partial charge in [0.1, 0.15) is 0 Å². The minimum absolute atomic E-state index is 0.863. The summed E-state index contributed by atoms with van der Waals surface area (Å²) in [7, 11) is 4.09. The Morgan fingerprint density at radius 2 is 2.09 bits per heavy atom. The summed E-state index contributed by atoms with van der Waals surface area (Å²) in [5.41, 5.74) is 2.53.